The lowest BCUT2D eigenvalue weighted by Gasteiger charge is -2.07. The normalized spacial score (nSPS) is 12.2. The highest BCUT2D eigenvalue weighted by atomic mass is 35.5. The van der Waals surface area contributed by atoms with Crippen molar-refractivity contribution in [2.24, 2.45) is 5.73 Å². The van der Waals surface area contributed by atoms with E-state index in [0.717, 1.165) is 18.4 Å². The molecule has 0 aliphatic heterocycles. The van der Waals surface area contributed by atoms with Crippen LogP contribution >= 0.6 is 19.2 Å². The molecule has 0 amide bonds. The molecule has 24 heavy (non-hydrogen) atoms. The van der Waals surface area contributed by atoms with E-state index in [4.69, 9.17) is 21.8 Å². The van der Waals surface area contributed by atoms with Gasteiger partial charge in [-0.1, -0.05) is 11.6 Å². The third-order valence-electron chi connectivity index (χ3n) is 3.65. The molecule has 128 valence electrons. The van der Waals surface area contributed by atoms with Crippen LogP contribution < -0.4 is 11.2 Å². The number of nitrogens with zero attached hydrogens (tertiary/aromatic N) is 2. The molecule has 0 saturated heterocycles. The third kappa shape index (κ3) is 3.41. The first-order valence-corrected chi connectivity index (χ1v) is 9.41. The van der Waals surface area contributed by atoms with Crippen LogP contribution in [0.4, 0.5) is 0 Å². The van der Waals surface area contributed by atoms with Crippen molar-refractivity contribution < 1.29 is 18.8 Å². The molecule has 0 atom stereocenters. The van der Waals surface area contributed by atoms with E-state index < -0.39 is 7.60 Å². The smallest absolute Gasteiger partial charge is 0.391 e. The molecule has 2 aromatic heterocycles. The van der Waals surface area contributed by atoms with E-state index in [1.807, 2.05) is 10.6 Å². The van der Waals surface area contributed by atoms with E-state index in [0.29, 0.717) is 35.2 Å². The summed E-state index contributed by atoms with van der Waals surface area (Å²) in [5.41, 5.74) is 6.74. The van der Waals surface area contributed by atoms with Gasteiger partial charge in [-0.25, -0.2) is 4.98 Å². The molecule has 3 rings (SSSR count). The summed E-state index contributed by atoms with van der Waals surface area (Å²) in [6.07, 6.45) is 1.71. The molecule has 1 aromatic carbocycles. The first-order chi connectivity index (χ1) is 11.4. The lowest BCUT2D eigenvalue weighted by Crippen LogP contribution is -2.04. The van der Waals surface area contributed by atoms with Crippen molar-refractivity contribution in [3.05, 3.63) is 35.4 Å². The van der Waals surface area contributed by atoms with Gasteiger partial charge in [-0.3, -0.25) is 4.57 Å². The second-order valence-electron chi connectivity index (χ2n) is 5.40. The van der Waals surface area contributed by atoms with E-state index in [-0.39, 0.29) is 5.50 Å². The van der Waals surface area contributed by atoms with E-state index in [1.165, 1.54) is 12.1 Å². The fourth-order valence-electron chi connectivity index (χ4n) is 2.54. The van der Waals surface area contributed by atoms with Crippen molar-refractivity contribution in [2.45, 2.75) is 19.4 Å². The van der Waals surface area contributed by atoms with Gasteiger partial charge < -0.3 is 24.5 Å². The predicted molar refractivity (Wildman–Crippen MR) is 92.4 cm³/mol. The van der Waals surface area contributed by atoms with E-state index in [9.17, 15) is 14.4 Å². The fraction of sp³-hybridized carbons (Fsp3) is 0.267. The Morgan fingerprint density at radius 2 is 2.04 bits per heavy atom. The third-order valence-corrected chi connectivity index (χ3v) is 4.70. The van der Waals surface area contributed by atoms with Gasteiger partial charge in [-0.15, -0.1) is 0 Å². The first-order valence-electron chi connectivity index (χ1n) is 7.42. The molecule has 2 heterocycles. The quantitative estimate of drug-likeness (QED) is 0.454. The monoisotopic (exact) mass is 369 g/mol. The Kier molecular flexibility index (Phi) is 4.80. The number of halogens is 1. The summed E-state index contributed by atoms with van der Waals surface area (Å²) in [4.78, 5) is 23.0. The van der Waals surface area contributed by atoms with Crippen LogP contribution in [0.15, 0.2) is 34.7 Å². The van der Waals surface area contributed by atoms with Gasteiger partial charge >= 0.3 is 7.60 Å². The molecule has 0 saturated carbocycles. The number of aryl methyl sites for hydroxylation is 1. The van der Waals surface area contributed by atoms with Crippen molar-refractivity contribution in [3.63, 3.8) is 0 Å². The summed E-state index contributed by atoms with van der Waals surface area (Å²) >= 11 is 6.02. The summed E-state index contributed by atoms with van der Waals surface area (Å²) in [7, 11) is -4.44. The SMILES string of the molecule is NCCCCn1c(-c2ccc(P(=O)(O)O)o2)nc2cc(Cl)ccc21. The number of fused-ring (bicyclic) bond motifs is 1. The minimum atomic E-state index is -4.44. The molecular weight excluding hydrogens is 353 g/mol. The number of benzene rings is 1. The molecule has 9 heteroatoms. The van der Waals surface area contributed by atoms with Crippen LogP contribution in [-0.4, -0.2) is 25.9 Å². The molecule has 0 spiro atoms. The molecule has 4 N–H and O–H groups in total. The number of rotatable bonds is 6. The fourth-order valence-corrected chi connectivity index (χ4v) is 3.19. The maximum absolute atomic E-state index is 11.3. The van der Waals surface area contributed by atoms with Crippen molar-refractivity contribution in [2.75, 3.05) is 6.54 Å². The van der Waals surface area contributed by atoms with Crippen molar-refractivity contribution >= 4 is 35.7 Å². The maximum Gasteiger partial charge on any atom is 0.391 e. The van der Waals surface area contributed by atoms with E-state index in [2.05, 4.69) is 4.98 Å². The number of hydrogen-bond acceptors (Lipinski definition) is 4. The zero-order valence-corrected chi connectivity index (χ0v) is 14.4. The number of hydrogen-bond donors (Lipinski definition) is 3. The number of unbranched alkanes of at least 4 members (excludes halogenated alkanes) is 1. The largest absolute Gasteiger partial charge is 0.445 e. The van der Waals surface area contributed by atoms with Gasteiger partial charge in [-0.2, -0.15) is 0 Å². The number of aromatic nitrogens is 2. The van der Waals surface area contributed by atoms with Gasteiger partial charge in [0.2, 0.25) is 5.50 Å². The van der Waals surface area contributed by atoms with Crippen LogP contribution in [0.1, 0.15) is 12.8 Å². The van der Waals surface area contributed by atoms with Gasteiger partial charge in [-0.05, 0) is 49.7 Å². The van der Waals surface area contributed by atoms with Crippen LogP contribution in [-0.2, 0) is 11.1 Å². The van der Waals surface area contributed by atoms with Gasteiger partial charge in [0.25, 0.3) is 0 Å². The molecule has 0 aliphatic rings. The summed E-state index contributed by atoms with van der Waals surface area (Å²) < 4.78 is 18.6. The van der Waals surface area contributed by atoms with Crippen LogP contribution in [0.25, 0.3) is 22.6 Å². The summed E-state index contributed by atoms with van der Waals surface area (Å²) in [6, 6.07) is 8.16. The van der Waals surface area contributed by atoms with Gasteiger partial charge in [0, 0.05) is 11.6 Å². The lowest BCUT2D eigenvalue weighted by atomic mass is 10.3. The van der Waals surface area contributed by atoms with Crippen molar-refractivity contribution in [1.29, 1.82) is 0 Å². The molecule has 0 aliphatic carbocycles. The van der Waals surface area contributed by atoms with Crippen molar-refractivity contribution in [3.8, 4) is 11.6 Å². The average Bonchev–Trinajstić information content (AvgIpc) is 3.11. The summed E-state index contributed by atoms with van der Waals surface area (Å²) in [6.45, 7) is 1.26. The molecule has 0 radical (unpaired) electrons. The Balaban J connectivity index is 2.09. The molecule has 7 nitrogen and oxygen atoms in total. The highest BCUT2D eigenvalue weighted by molar-refractivity contribution is 7.59. The van der Waals surface area contributed by atoms with Gasteiger partial charge in [0.05, 0.1) is 11.0 Å². The molecule has 0 unspecified atom stereocenters. The second-order valence-corrected chi connectivity index (χ2v) is 7.36. The highest BCUT2D eigenvalue weighted by Crippen LogP contribution is 2.36. The topological polar surface area (TPSA) is 115 Å². The number of nitrogens with two attached hydrogens (primary N) is 1. The predicted octanol–water partition coefficient (Wildman–Crippen LogP) is 2.49. The zero-order chi connectivity index (χ0) is 17.3. The maximum atomic E-state index is 11.3. The molecule has 3 aromatic rings. The highest BCUT2D eigenvalue weighted by Gasteiger charge is 2.24. The summed E-state index contributed by atoms with van der Waals surface area (Å²) in [5, 5.41) is 0.566. The van der Waals surface area contributed by atoms with Crippen molar-refractivity contribution in [1.82, 2.24) is 9.55 Å². The zero-order valence-electron chi connectivity index (χ0n) is 12.7. The van der Waals surface area contributed by atoms with E-state index >= 15 is 0 Å². The Labute approximate surface area is 143 Å². The summed E-state index contributed by atoms with van der Waals surface area (Å²) in [5.74, 6) is 0.803. The minimum absolute atomic E-state index is 0.299. The average molecular weight is 370 g/mol. The van der Waals surface area contributed by atoms with E-state index in [1.54, 1.807) is 12.1 Å². The minimum Gasteiger partial charge on any atom is -0.445 e. The van der Waals surface area contributed by atoms with Crippen LogP contribution in [0.2, 0.25) is 5.02 Å². The molecule has 0 bridgehead atoms. The number of imidazole rings is 1. The Morgan fingerprint density at radius 3 is 2.71 bits per heavy atom. The second kappa shape index (κ2) is 6.70. The lowest BCUT2D eigenvalue weighted by molar-refractivity contribution is 0.377. The molecular formula is C15H17ClN3O4P. The van der Waals surface area contributed by atoms with Crippen LogP contribution in [0.5, 0.6) is 0 Å². The van der Waals surface area contributed by atoms with Gasteiger partial charge in [0.1, 0.15) is 0 Å². The van der Waals surface area contributed by atoms with Crippen LogP contribution in [0.3, 0.4) is 0 Å². The Hall–Kier alpha value is -1.63. The van der Waals surface area contributed by atoms with Gasteiger partial charge in [0.15, 0.2) is 11.6 Å². The van der Waals surface area contributed by atoms with Crippen LogP contribution in [0, 0.1) is 0 Å². The Morgan fingerprint density at radius 1 is 1.25 bits per heavy atom. The Bertz CT molecular complexity index is 915. The first kappa shape index (κ1) is 17.2. The number of furan rings is 1. The standard InChI is InChI=1S/C15H17ClN3O4P/c16-10-3-4-12-11(9-10)18-15(19(12)8-2-1-7-17)13-5-6-14(23-13)24(20,21)22/h3-6,9H,1-2,7-8,17H2,(H2,20,21,22). The molecule has 0 fully saturated rings.